The first-order valence-corrected chi connectivity index (χ1v) is 11.3. The van der Waals surface area contributed by atoms with Crippen LogP contribution in [0.5, 0.6) is 5.88 Å². The van der Waals surface area contributed by atoms with Crippen LogP contribution in [0.2, 0.25) is 0 Å². The quantitative estimate of drug-likeness (QED) is 0.369. The number of primary amides is 1. The molecule has 0 fully saturated rings. The number of nitrogens with one attached hydrogen (secondary N) is 3. The molecule has 0 aliphatic heterocycles. The van der Waals surface area contributed by atoms with Gasteiger partial charge in [0.05, 0.1) is 0 Å². The van der Waals surface area contributed by atoms with E-state index in [0.29, 0.717) is 12.6 Å². The SMILES string of the molecule is CC(C)NCCCCCNC(=O)Nc1snc(OC(C)(C)c2ccccc2)c1C(N)=O. The Bertz CT molecular complexity index is 852. The summed E-state index contributed by atoms with van der Waals surface area (Å²) in [7, 11) is 0. The standard InChI is InChI=1S/C22H33N5O3S/c1-15(2)24-13-9-6-10-14-25-21(29)26-20-17(18(23)28)19(27-31-20)30-22(3,4)16-11-7-5-8-12-16/h5,7-8,11-12,15,24H,6,9-10,13-14H2,1-4H3,(H2,23,28)(H2,25,26,29). The normalized spacial score (nSPS) is 11.4. The highest BCUT2D eigenvalue weighted by Crippen LogP contribution is 2.35. The van der Waals surface area contributed by atoms with Crippen LogP contribution in [-0.2, 0) is 5.60 Å². The van der Waals surface area contributed by atoms with Crippen molar-refractivity contribution in [3.8, 4) is 5.88 Å². The molecule has 8 nitrogen and oxygen atoms in total. The first-order chi connectivity index (χ1) is 14.7. The van der Waals surface area contributed by atoms with Gasteiger partial charge in [0.15, 0.2) is 0 Å². The van der Waals surface area contributed by atoms with E-state index in [1.54, 1.807) is 0 Å². The van der Waals surface area contributed by atoms with Gasteiger partial charge in [-0.1, -0.05) is 50.6 Å². The van der Waals surface area contributed by atoms with Crippen LogP contribution in [0.15, 0.2) is 30.3 Å². The molecule has 170 valence electrons. The van der Waals surface area contributed by atoms with Gasteiger partial charge in [-0.3, -0.25) is 10.1 Å². The summed E-state index contributed by atoms with van der Waals surface area (Å²) in [5.41, 5.74) is 5.82. The molecular formula is C22H33N5O3S. The van der Waals surface area contributed by atoms with Crippen LogP contribution in [0.25, 0.3) is 0 Å². The van der Waals surface area contributed by atoms with Crippen molar-refractivity contribution in [3.63, 3.8) is 0 Å². The third-order valence-electron chi connectivity index (χ3n) is 4.65. The summed E-state index contributed by atoms with van der Waals surface area (Å²) in [6.07, 6.45) is 2.94. The van der Waals surface area contributed by atoms with Crippen LogP contribution in [0.3, 0.4) is 0 Å². The van der Waals surface area contributed by atoms with Gasteiger partial charge in [-0.05, 0) is 50.3 Å². The topological polar surface area (TPSA) is 118 Å². The zero-order valence-electron chi connectivity index (χ0n) is 18.7. The molecule has 0 bridgehead atoms. The van der Waals surface area contributed by atoms with E-state index in [1.807, 2.05) is 44.2 Å². The number of urea groups is 1. The Balaban J connectivity index is 1.92. The molecule has 1 heterocycles. The highest BCUT2D eigenvalue weighted by Gasteiger charge is 2.29. The average molecular weight is 448 g/mol. The molecule has 0 aliphatic carbocycles. The van der Waals surface area contributed by atoms with Crippen molar-refractivity contribution in [2.24, 2.45) is 5.73 Å². The average Bonchev–Trinajstić information content (AvgIpc) is 3.09. The zero-order valence-corrected chi connectivity index (χ0v) is 19.5. The van der Waals surface area contributed by atoms with Gasteiger partial charge >= 0.3 is 6.03 Å². The second-order valence-electron chi connectivity index (χ2n) is 8.08. The molecule has 3 amide bonds. The molecule has 0 spiro atoms. The number of ether oxygens (including phenoxy) is 1. The molecule has 0 saturated heterocycles. The van der Waals surface area contributed by atoms with Crippen molar-refractivity contribution >= 4 is 28.5 Å². The lowest BCUT2D eigenvalue weighted by Crippen LogP contribution is -2.30. The molecule has 0 atom stereocenters. The highest BCUT2D eigenvalue weighted by atomic mass is 32.1. The molecule has 2 aromatic rings. The monoisotopic (exact) mass is 447 g/mol. The summed E-state index contributed by atoms with van der Waals surface area (Å²) in [4.78, 5) is 24.3. The van der Waals surface area contributed by atoms with Crippen LogP contribution in [0.4, 0.5) is 9.80 Å². The van der Waals surface area contributed by atoms with Crippen LogP contribution in [0, 0.1) is 0 Å². The van der Waals surface area contributed by atoms with Crippen molar-refractivity contribution in [3.05, 3.63) is 41.5 Å². The second-order valence-corrected chi connectivity index (χ2v) is 8.86. The van der Waals surface area contributed by atoms with Gasteiger partial charge in [0, 0.05) is 12.6 Å². The van der Waals surface area contributed by atoms with E-state index in [1.165, 1.54) is 0 Å². The van der Waals surface area contributed by atoms with Crippen LogP contribution in [-0.4, -0.2) is 35.4 Å². The lowest BCUT2D eigenvalue weighted by Gasteiger charge is -2.26. The fourth-order valence-corrected chi connectivity index (χ4v) is 3.67. The number of hydrogen-bond acceptors (Lipinski definition) is 6. The maximum atomic E-state index is 12.2. The maximum absolute atomic E-state index is 12.2. The van der Waals surface area contributed by atoms with E-state index in [2.05, 4.69) is 34.2 Å². The van der Waals surface area contributed by atoms with Gasteiger partial charge in [0.2, 0.25) is 5.88 Å². The van der Waals surface area contributed by atoms with Crippen molar-refractivity contribution in [1.29, 1.82) is 0 Å². The minimum absolute atomic E-state index is 0.0731. The van der Waals surface area contributed by atoms with E-state index in [-0.39, 0.29) is 16.4 Å². The lowest BCUT2D eigenvalue weighted by atomic mass is 9.98. The van der Waals surface area contributed by atoms with Crippen molar-refractivity contribution in [1.82, 2.24) is 15.0 Å². The van der Waals surface area contributed by atoms with Gasteiger partial charge in [0.25, 0.3) is 5.91 Å². The van der Waals surface area contributed by atoms with Crippen molar-refractivity contribution in [2.45, 2.75) is 58.6 Å². The maximum Gasteiger partial charge on any atom is 0.319 e. The van der Waals surface area contributed by atoms with Crippen LogP contribution < -0.4 is 26.4 Å². The lowest BCUT2D eigenvalue weighted by molar-refractivity contribution is 0.0930. The summed E-state index contributed by atoms with van der Waals surface area (Å²) in [6, 6.07) is 9.68. The second kappa shape index (κ2) is 11.7. The Morgan fingerprint density at radius 2 is 1.81 bits per heavy atom. The Labute approximate surface area is 188 Å². The zero-order chi connectivity index (χ0) is 22.9. The van der Waals surface area contributed by atoms with Crippen LogP contribution >= 0.6 is 11.5 Å². The number of unbranched alkanes of at least 4 members (excludes halogenated alkanes) is 2. The number of anilines is 1. The summed E-state index contributed by atoms with van der Waals surface area (Å²) >= 11 is 0.966. The summed E-state index contributed by atoms with van der Waals surface area (Å²) in [6.45, 7) is 9.50. The molecule has 0 saturated carbocycles. The minimum atomic E-state index is -0.733. The molecule has 0 unspecified atom stereocenters. The van der Waals surface area contributed by atoms with Crippen molar-refractivity contribution < 1.29 is 14.3 Å². The fraction of sp³-hybridized carbons (Fsp3) is 0.500. The van der Waals surface area contributed by atoms with E-state index >= 15 is 0 Å². The van der Waals surface area contributed by atoms with Gasteiger partial charge in [-0.25, -0.2) is 4.79 Å². The third kappa shape index (κ3) is 7.84. The summed E-state index contributed by atoms with van der Waals surface area (Å²) in [5.74, 6) is -0.597. The molecule has 0 aliphatic rings. The fourth-order valence-electron chi connectivity index (χ4n) is 2.95. The van der Waals surface area contributed by atoms with E-state index < -0.39 is 17.5 Å². The number of nitrogens with zero attached hydrogens (tertiary/aromatic N) is 1. The summed E-state index contributed by atoms with van der Waals surface area (Å²) in [5, 5.41) is 9.09. The Morgan fingerprint density at radius 3 is 2.45 bits per heavy atom. The van der Waals surface area contributed by atoms with Gasteiger partial charge < -0.3 is 21.1 Å². The Kier molecular flexibility index (Phi) is 9.26. The van der Waals surface area contributed by atoms with Gasteiger partial charge in [-0.15, -0.1) is 0 Å². The largest absolute Gasteiger partial charge is 0.466 e. The Hall–Kier alpha value is -2.65. The van der Waals surface area contributed by atoms with Crippen molar-refractivity contribution in [2.75, 3.05) is 18.4 Å². The highest BCUT2D eigenvalue weighted by molar-refractivity contribution is 7.11. The number of carbonyl (C=O) groups is 2. The first-order valence-electron chi connectivity index (χ1n) is 10.5. The van der Waals surface area contributed by atoms with Gasteiger partial charge in [-0.2, -0.15) is 4.37 Å². The van der Waals surface area contributed by atoms with E-state index in [4.69, 9.17) is 10.5 Å². The molecule has 1 aromatic carbocycles. The number of hydrogen-bond donors (Lipinski definition) is 4. The molecule has 2 rings (SSSR count). The number of aromatic nitrogens is 1. The smallest absolute Gasteiger partial charge is 0.319 e. The predicted molar refractivity (Wildman–Crippen MR) is 125 cm³/mol. The first kappa shape index (κ1) is 24.6. The molecule has 5 N–H and O–H groups in total. The predicted octanol–water partition coefficient (Wildman–Crippen LogP) is 3.85. The number of nitrogens with two attached hydrogens (primary N) is 1. The van der Waals surface area contributed by atoms with E-state index in [0.717, 1.165) is 42.9 Å². The summed E-state index contributed by atoms with van der Waals surface area (Å²) < 4.78 is 10.2. The molecular weight excluding hydrogens is 414 g/mol. The number of carbonyl (C=O) groups excluding carboxylic acids is 2. The van der Waals surface area contributed by atoms with Gasteiger partial charge in [0.1, 0.15) is 16.2 Å². The molecule has 9 heteroatoms. The van der Waals surface area contributed by atoms with E-state index in [9.17, 15) is 9.59 Å². The Morgan fingerprint density at radius 1 is 1.13 bits per heavy atom. The molecule has 31 heavy (non-hydrogen) atoms. The number of rotatable bonds is 12. The molecule has 1 aromatic heterocycles. The number of amides is 3. The third-order valence-corrected chi connectivity index (χ3v) is 5.39. The van der Waals surface area contributed by atoms with Crippen LogP contribution in [0.1, 0.15) is 62.9 Å². The molecule has 0 radical (unpaired) electrons. The minimum Gasteiger partial charge on any atom is -0.466 e. The number of benzene rings is 1.